The van der Waals surface area contributed by atoms with Crippen LogP contribution in [-0.4, -0.2) is 44.9 Å². The maximum absolute atomic E-state index is 11.6. The molecule has 0 aromatic heterocycles. The van der Waals surface area contributed by atoms with Gasteiger partial charge in [-0.25, -0.2) is 18.0 Å². The van der Waals surface area contributed by atoms with Crippen molar-refractivity contribution >= 4 is 21.8 Å². The first-order chi connectivity index (χ1) is 10.8. The van der Waals surface area contributed by atoms with E-state index in [1.165, 1.54) is 12.1 Å². The van der Waals surface area contributed by atoms with Gasteiger partial charge in [-0.3, -0.25) is 0 Å². The van der Waals surface area contributed by atoms with Gasteiger partial charge in [0, 0.05) is 19.0 Å². The van der Waals surface area contributed by atoms with Gasteiger partial charge in [0.2, 0.25) is 0 Å². The maximum atomic E-state index is 11.6. The standard InChI is InChI=1S/C15H19NO6S/c1-3-22-15(19)13(23(2,20)21)10-16-9-8-11-4-6-12(7-5-11)14(17)18/h4-7,10,16H,3,8-9H2,1-2H3,(H,17,18). The quantitative estimate of drug-likeness (QED) is 0.412. The molecule has 1 rings (SSSR count). The van der Waals surface area contributed by atoms with E-state index in [0.717, 1.165) is 18.0 Å². The summed E-state index contributed by atoms with van der Waals surface area (Å²) >= 11 is 0. The first kappa shape index (κ1) is 18.7. The van der Waals surface area contributed by atoms with Crippen LogP contribution in [0.3, 0.4) is 0 Å². The minimum absolute atomic E-state index is 0.0849. The number of aromatic carboxylic acids is 1. The van der Waals surface area contributed by atoms with E-state index in [1.54, 1.807) is 19.1 Å². The highest BCUT2D eigenvalue weighted by molar-refractivity contribution is 7.95. The van der Waals surface area contributed by atoms with Crippen LogP contribution < -0.4 is 5.32 Å². The maximum Gasteiger partial charge on any atom is 0.351 e. The third-order valence-corrected chi connectivity index (χ3v) is 3.95. The highest BCUT2D eigenvalue weighted by Gasteiger charge is 2.21. The van der Waals surface area contributed by atoms with Crippen LogP contribution in [0.2, 0.25) is 0 Å². The van der Waals surface area contributed by atoms with Gasteiger partial charge in [-0.05, 0) is 31.0 Å². The van der Waals surface area contributed by atoms with Crippen LogP contribution in [-0.2, 0) is 25.8 Å². The molecule has 1 aromatic carbocycles. The minimum Gasteiger partial charge on any atom is -0.478 e. The number of ether oxygens (including phenoxy) is 1. The van der Waals surface area contributed by atoms with Crippen LogP contribution >= 0.6 is 0 Å². The van der Waals surface area contributed by atoms with Gasteiger partial charge >= 0.3 is 11.9 Å². The first-order valence-corrected chi connectivity index (χ1v) is 8.77. The molecule has 0 bridgehead atoms. The Kier molecular flexibility index (Phi) is 6.77. The minimum atomic E-state index is -3.69. The molecular formula is C15H19NO6S. The second kappa shape index (κ2) is 8.33. The van der Waals surface area contributed by atoms with Gasteiger partial charge in [0.25, 0.3) is 0 Å². The highest BCUT2D eigenvalue weighted by atomic mass is 32.2. The number of hydrogen-bond acceptors (Lipinski definition) is 6. The zero-order valence-electron chi connectivity index (χ0n) is 12.9. The zero-order chi connectivity index (χ0) is 17.5. The molecule has 0 spiro atoms. The van der Waals surface area contributed by atoms with Crippen LogP contribution in [0.1, 0.15) is 22.8 Å². The lowest BCUT2D eigenvalue weighted by Gasteiger charge is -2.07. The number of carboxylic acid groups (broad SMARTS) is 1. The van der Waals surface area contributed by atoms with Gasteiger partial charge < -0.3 is 15.2 Å². The molecule has 0 amide bonds. The second-order valence-corrected chi connectivity index (χ2v) is 6.69. The SMILES string of the molecule is CCOC(=O)C(=CNCCc1ccc(C(=O)O)cc1)S(C)(=O)=O. The summed E-state index contributed by atoms with van der Waals surface area (Å²) in [4.78, 5) is 21.9. The predicted molar refractivity (Wildman–Crippen MR) is 84.7 cm³/mol. The van der Waals surface area contributed by atoms with Gasteiger partial charge in [-0.15, -0.1) is 0 Å². The molecule has 0 aliphatic rings. The number of nitrogens with one attached hydrogen (secondary N) is 1. The summed E-state index contributed by atoms with van der Waals surface area (Å²) < 4.78 is 27.8. The number of carboxylic acids is 1. The van der Waals surface area contributed by atoms with E-state index in [9.17, 15) is 18.0 Å². The fraction of sp³-hybridized carbons (Fsp3) is 0.333. The van der Waals surface area contributed by atoms with E-state index < -0.39 is 26.7 Å². The Morgan fingerprint density at radius 2 is 1.87 bits per heavy atom. The van der Waals surface area contributed by atoms with E-state index in [2.05, 4.69) is 5.32 Å². The zero-order valence-corrected chi connectivity index (χ0v) is 13.7. The Morgan fingerprint density at radius 3 is 2.35 bits per heavy atom. The normalized spacial score (nSPS) is 11.8. The van der Waals surface area contributed by atoms with Crippen molar-refractivity contribution in [1.29, 1.82) is 0 Å². The summed E-state index contributed by atoms with van der Waals surface area (Å²) in [6, 6.07) is 6.34. The molecule has 0 saturated carbocycles. The second-order valence-electron chi connectivity index (χ2n) is 4.71. The molecule has 23 heavy (non-hydrogen) atoms. The third kappa shape index (κ3) is 6.11. The van der Waals surface area contributed by atoms with Crippen molar-refractivity contribution < 1.29 is 27.9 Å². The van der Waals surface area contributed by atoms with Gasteiger partial charge in [-0.2, -0.15) is 0 Å². The molecule has 0 aliphatic heterocycles. The Bertz CT molecular complexity index is 691. The molecule has 0 radical (unpaired) electrons. The average molecular weight is 341 g/mol. The van der Waals surface area contributed by atoms with E-state index in [1.807, 2.05) is 0 Å². The predicted octanol–water partition coefficient (Wildman–Crippen LogP) is 0.966. The van der Waals surface area contributed by atoms with E-state index in [-0.39, 0.29) is 12.2 Å². The Hall–Kier alpha value is -2.35. The number of benzene rings is 1. The van der Waals surface area contributed by atoms with Crippen LogP contribution in [0.4, 0.5) is 0 Å². The van der Waals surface area contributed by atoms with E-state index in [0.29, 0.717) is 13.0 Å². The Balaban J connectivity index is 2.65. The lowest BCUT2D eigenvalue weighted by Crippen LogP contribution is -2.20. The lowest BCUT2D eigenvalue weighted by atomic mass is 10.1. The van der Waals surface area contributed by atoms with E-state index >= 15 is 0 Å². The number of sulfone groups is 1. The number of carbonyl (C=O) groups is 2. The van der Waals surface area contributed by atoms with Crippen molar-refractivity contribution in [3.05, 3.63) is 46.5 Å². The monoisotopic (exact) mass is 341 g/mol. The van der Waals surface area contributed by atoms with Crippen molar-refractivity contribution in [2.45, 2.75) is 13.3 Å². The van der Waals surface area contributed by atoms with Gasteiger partial charge in [0.05, 0.1) is 12.2 Å². The summed E-state index contributed by atoms with van der Waals surface area (Å²) in [5.74, 6) is -1.89. The molecule has 0 saturated heterocycles. The molecule has 126 valence electrons. The Labute approximate surface area is 134 Å². The van der Waals surface area contributed by atoms with Gasteiger partial charge in [0.15, 0.2) is 14.7 Å². The lowest BCUT2D eigenvalue weighted by molar-refractivity contribution is -0.137. The molecule has 8 heteroatoms. The summed E-state index contributed by atoms with van der Waals surface area (Å²) in [5.41, 5.74) is 1.08. The smallest absolute Gasteiger partial charge is 0.351 e. The van der Waals surface area contributed by atoms with Gasteiger partial charge in [0.1, 0.15) is 0 Å². The van der Waals surface area contributed by atoms with Crippen molar-refractivity contribution in [2.24, 2.45) is 0 Å². The summed E-state index contributed by atoms with van der Waals surface area (Å²) in [6.07, 6.45) is 2.59. The molecule has 0 unspecified atom stereocenters. The Morgan fingerprint density at radius 1 is 1.26 bits per heavy atom. The molecule has 1 aromatic rings. The van der Waals surface area contributed by atoms with Crippen molar-refractivity contribution in [3.63, 3.8) is 0 Å². The average Bonchev–Trinajstić information content (AvgIpc) is 2.46. The molecule has 0 heterocycles. The highest BCUT2D eigenvalue weighted by Crippen LogP contribution is 2.07. The first-order valence-electron chi connectivity index (χ1n) is 6.88. The topological polar surface area (TPSA) is 110 Å². The summed E-state index contributed by atoms with van der Waals surface area (Å²) in [5, 5.41) is 11.6. The van der Waals surface area contributed by atoms with Crippen LogP contribution in [0.25, 0.3) is 0 Å². The molecule has 7 nitrogen and oxygen atoms in total. The molecule has 0 aliphatic carbocycles. The van der Waals surface area contributed by atoms with Crippen LogP contribution in [0.15, 0.2) is 35.4 Å². The van der Waals surface area contributed by atoms with Crippen molar-refractivity contribution in [1.82, 2.24) is 5.32 Å². The number of esters is 1. The number of hydrogen-bond donors (Lipinski definition) is 2. The number of carbonyl (C=O) groups excluding carboxylic acids is 1. The molecular weight excluding hydrogens is 322 g/mol. The molecule has 0 fully saturated rings. The fourth-order valence-electron chi connectivity index (χ4n) is 1.71. The van der Waals surface area contributed by atoms with Gasteiger partial charge in [-0.1, -0.05) is 12.1 Å². The third-order valence-electron chi connectivity index (χ3n) is 2.87. The fourth-order valence-corrected chi connectivity index (χ4v) is 2.37. The van der Waals surface area contributed by atoms with Crippen molar-refractivity contribution in [3.8, 4) is 0 Å². The molecule has 2 N–H and O–H groups in total. The number of rotatable bonds is 8. The van der Waals surface area contributed by atoms with Crippen LogP contribution in [0, 0.1) is 0 Å². The summed E-state index contributed by atoms with van der Waals surface area (Å²) in [6.45, 7) is 2.05. The van der Waals surface area contributed by atoms with E-state index in [4.69, 9.17) is 9.84 Å². The summed E-state index contributed by atoms with van der Waals surface area (Å²) in [7, 11) is -3.69. The van der Waals surface area contributed by atoms with Crippen LogP contribution in [0.5, 0.6) is 0 Å². The molecule has 0 atom stereocenters. The largest absolute Gasteiger partial charge is 0.478 e. The van der Waals surface area contributed by atoms with Crippen molar-refractivity contribution in [2.75, 3.05) is 19.4 Å².